The Bertz CT molecular complexity index is 1410. The summed E-state index contributed by atoms with van der Waals surface area (Å²) in [6, 6.07) is 8.84. The highest BCUT2D eigenvalue weighted by Crippen LogP contribution is 2.35. The van der Waals surface area contributed by atoms with Gasteiger partial charge in [0.1, 0.15) is 17.4 Å². The van der Waals surface area contributed by atoms with Crippen molar-refractivity contribution in [3.05, 3.63) is 47.9 Å². The third-order valence-corrected chi connectivity index (χ3v) is 7.87. The van der Waals surface area contributed by atoms with Crippen LogP contribution < -0.4 is 15.0 Å². The number of aliphatic hydroxyl groups is 2. The smallest absolute Gasteiger partial charge is 0.414 e. The third-order valence-electron chi connectivity index (χ3n) is 6.79. The molecule has 2 aliphatic heterocycles. The van der Waals surface area contributed by atoms with Gasteiger partial charge in [-0.2, -0.15) is 0 Å². The second kappa shape index (κ2) is 12.3. The summed E-state index contributed by atoms with van der Waals surface area (Å²) in [4.78, 5) is 37.2. The molecule has 0 saturated carbocycles. The zero-order valence-corrected chi connectivity index (χ0v) is 22.7. The van der Waals surface area contributed by atoms with Gasteiger partial charge in [0.25, 0.3) is 0 Å². The molecule has 2 amide bonds. The molecule has 3 aromatic rings. The Morgan fingerprint density at radius 2 is 2.17 bits per heavy atom. The number of amides is 2. The van der Waals surface area contributed by atoms with Crippen LogP contribution in [0, 0.1) is 5.82 Å². The normalized spacial score (nSPS) is 17.6. The summed E-state index contributed by atoms with van der Waals surface area (Å²) in [6.07, 6.45) is 0.434. The lowest BCUT2D eigenvalue weighted by Gasteiger charge is -2.25. The van der Waals surface area contributed by atoms with Gasteiger partial charge in [0, 0.05) is 35.3 Å². The first kappa shape index (κ1) is 28.0. The van der Waals surface area contributed by atoms with E-state index >= 15 is 0 Å². The van der Waals surface area contributed by atoms with E-state index in [0.717, 1.165) is 11.1 Å². The van der Waals surface area contributed by atoms with E-state index in [9.17, 15) is 24.2 Å². The van der Waals surface area contributed by atoms with Crippen molar-refractivity contribution in [2.45, 2.75) is 36.5 Å². The highest BCUT2D eigenvalue weighted by Gasteiger charge is 2.33. The average molecular weight is 572 g/mol. The molecule has 0 spiro atoms. The van der Waals surface area contributed by atoms with Crippen LogP contribution in [0.25, 0.3) is 11.0 Å². The van der Waals surface area contributed by atoms with Crippen LogP contribution in [0.4, 0.5) is 20.6 Å². The molecule has 0 radical (unpaired) electrons. The van der Waals surface area contributed by atoms with Gasteiger partial charge in [-0.1, -0.05) is 0 Å². The first-order valence-electron chi connectivity index (χ1n) is 12.9. The van der Waals surface area contributed by atoms with Crippen molar-refractivity contribution in [1.82, 2.24) is 14.9 Å². The SMILES string of the molecule is COc1ccc2ncc(F)c(CN(CCCC3CN(c4ccc5c(c4)NC(=O)CS5)C(=O)O3)CC(O)CO)c2n1. The molecular weight excluding hydrogens is 541 g/mol. The van der Waals surface area contributed by atoms with E-state index < -0.39 is 24.6 Å². The van der Waals surface area contributed by atoms with Crippen LogP contribution >= 0.6 is 11.8 Å². The molecule has 2 unspecified atom stereocenters. The monoisotopic (exact) mass is 571 g/mol. The Kier molecular flexibility index (Phi) is 8.64. The summed E-state index contributed by atoms with van der Waals surface area (Å²) in [7, 11) is 1.48. The average Bonchev–Trinajstić information content (AvgIpc) is 3.33. The molecule has 2 atom stereocenters. The molecule has 1 aromatic carbocycles. The Morgan fingerprint density at radius 1 is 1.32 bits per heavy atom. The first-order valence-corrected chi connectivity index (χ1v) is 13.9. The number of methoxy groups -OCH3 is 1. The van der Waals surface area contributed by atoms with Gasteiger partial charge in [-0.3, -0.25) is 19.6 Å². The van der Waals surface area contributed by atoms with Crippen molar-refractivity contribution in [1.29, 1.82) is 0 Å². The number of nitrogens with one attached hydrogen (secondary N) is 1. The van der Waals surface area contributed by atoms with E-state index in [1.165, 1.54) is 18.9 Å². The number of hydrogen-bond acceptors (Lipinski definition) is 10. The minimum atomic E-state index is -1.01. The van der Waals surface area contributed by atoms with E-state index in [-0.39, 0.29) is 25.1 Å². The number of cyclic esters (lactones) is 1. The number of pyridine rings is 2. The number of ether oxygens (including phenoxy) is 2. The Balaban J connectivity index is 1.24. The second-order valence-electron chi connectivity index (χ2n) is 9.65. The molecular formula is C27H30FN5O6S. The predicted molar refractivity (Wildman–Crippen MR) is 147 cm³/mol. The number of nitrogens with zero attached hydrogens (tertiary/aromatic N) is 4. The Hall–Kier alpha value is -3.52. The van der Waals surface area contributed by atoms with Crippen LogP contribution in [0.15, 0.2) is 41.4 Å². The van der Waals surface area contributed by atoms with Crippen LogP contribution in [0.5, 0.6) is 5.88 Å². The van der Waals surface area contributed by atoms with Gasteiger partial charge < -0.3 is 25.0 Å². The third kappa shape index (κ3) is 6.28. The van der Waals surface area contributed by atoms with Crippen molar-refractivity contribution in [2.75, 3.05) is 49.3 Å². The number of benzene rings is 1. The van der Waals surface area contributed by atoms with Crippen molar-refractivity contribution in [3.8, 4) is 5.88 Å². The molecule has 212 valence electrons. The van der Waals surface area contributed by atoms with Gasteiger partial charge in [-0.15, -0.1) is 11.8 Å². The topological polar surface area (TPSA) is 137 Å². The predicted octanol–water partition coefficient (Wildman–Crippen LogP) is 2.78. The van der Waals surface area contributed by atoms with E-state index in [4.69, 9.17) is 9.47 Å². The molecule has 13 heteroatoms. The van der Waals surface area contributed by atoms with Gasteiger partial charge in [-0.05, 0) is 43.7 Å². The van der Waals surface area contributed by atoms with Crippen LogP contribution in [0.1, 0.15) is 18.4 Å². The number of hydrogen-bond donors (Lipinski definition) is 3. The van der Waals surface area contributed by atoms with Gasteiger partial charge >= 0.3 is 6.09 Å². The minimum absolute atomic E-state index is 0.0815. The van der Waals surface area contributed by atoms with Gasteiger partial charge in [0.15, 0.2) is 0 Å². The number of aliphatic hydroxyl groups excluding tert-OH is 2. The molecule has 1 fully saturated rings. The zero-order valence-electron chi connectivity index (χ0n) is 21.9. The van der Waals surface area contributed by atoms with E-state index in [1.54, 1.807) is 23.1 Å². The van der Waals surface area contributed by atoms with Crippen LogP contribution in [0.2, 0.25) is 0 Å². The number of carbonyl (C=O) groups is 2. The molecule has 0 bridgehead atoms. The van der Waals surface area contributed by atoms with Crippen molar-refractivity contribution < 1.29 is 33.7 Å². The van der Waals surface area contributed by atoms with E-state index in [1.807, 2.05) is 17.0 Å². The fourth-order valence-corrected chi connectivity index (χ4v) is 5.61. The van der Waals surface area contributed by atoms with E-state index in [2.05, 4.69) is 15.3 Å². The molecule has 4 heterocycles. The maximum atomic E-state index is 14.9. The van der Waals surface area contributed by atoms with Crippen LogP contribution in [0.3, 0.4) is 0 Å². The summed E-state index contributed by atoms with van der Waals surface area (Å²) in [5.41, 5.74) is 2.51. The maximum absolute atomic E-state index is 14.9. The summed E-state index contributed by atoms with van der Waals surface area (Å²) >= 11 is 1.45. The minimum Gasteiger partial charge on any atom is -0.481 e. The van der Waals surface area contributed by atoms with Crippen LogP contribution in [-0.2, 0) is 16.1 Å². The molecule has 2 aliphatic rings. The zero-order chi connectivity index (χ0) is 28.2. The number of rotatable bonds is 11. The molecule has 40 heavy (non-hydrogen) atoms. The number of fused-ring (bicyclic) bond motifs is 2. The largest absolute Gasteiger partial charge is 0.481 e. The lowest BCUT2D eigenvalue weighted by molar-refractivity contribution is -0.113. The lowest BCUT2D eigenvalue weighted by atomic mass is 10.1. The molecule has 1 saturated heterocycles. The maximum Gasteiger partial charge on any atom is 0.414 e. The molecule has 2 aromatic heterocycles. The quantitative estimate of drug-likeness (QED) is 0.315. The highest BCUT2D eigenvalue weighted by atomic mass is 32.2. The number of thioether (sulfide) groups is 1. The summed E-state index contributed by atoms with van der Waals surface area (Å²) in [6.45, 7) is 0.597. The Labute approximate surface area is 234 Å². The fraction of sp³-hybridized carbons (Fsp3) is 0.407. The summed E-state index contributed by atoms with van der Waals surface area (Å²) in [5, 5.41) is 22.4. The van der Waals surface area contributed by atoms with Crippen molar-refractivity contribution >= 4 is 46.2 Å². The molecule has 0 aliphatic carbocycles. The summed E-state index contributed by atoms with van der Waals surface area (Å²) in [5.74, 6) is 0.0795. The van der Waals surface area contributed by atoms with Crippen molar-refractivity contribution in [3.63, 3.8) is 0 Å². The highest BCUT2D eigenvalue weighted by molar-refractivity contribution is 8.00. The van der Waals surface area contributed by atoms with Gasteiger partial charge in [-0.25, -0.2) is 14.2 Å². The number of aromatic nitrogens is 2. The number of anilines is 2. The summed E-state index contributed by atoms with van der Waals surface area (Å²) < 4.78 is 25.7. The van der Waals surface area contributed by atoms with Gasteiger partial charge in [0.05, 0.1) is 49.5 Å². The van der Waals surface area contributed by atoms with Crippen molar-refractivity contribution in [2.24, 2.45) is 0 Å². The molecule has 5 rings (SSSR count). The van der Waals surface area contributed by atoms with Gasteiger partial charge in [0.2, 0.25) is 11.8 Å². The van der Waals surface area contributed by atoms with E-state index in [0.29, 0.717) is 65.5 Å². The Morgan fingerprint density at radius 3 is 2.98 bits per heavy atom. The first-order chi connectivity index (χ1) is 19.3. The van der Waals surface area contributed by atoms with Crippen LogP contribution in [-0.4, -0.2) is 88.4 Å². The molecule has 3 N–H and O–H groups in total. The molecule has 11 nitrogen and oxygen atoms in total. The standard InChI is InChI=1S/C27H30FN5O6S/c1-38-25-7-5-21-26(31-25)19(20(28)10-29-21)13-32(11-17(35)14-34)8-2-3-18-12-33(27(37)39-18)16-4-6-23-22(9-16)30-24(36)15-40-23/h4-7,9-10,17-18,34-35H,2-3,8,11-15H2,1H3,(H,30,36). The second-order valence-corrected chi connectivity index (χ2v) is 10.7. The number of carbonyl (C=O) groups excluding carboxylic acids is 2. The fourth-order valence-electron chi connectivity index (χ4n) is 4.82. The lowest BCUT2D eigenvalue weighted by Crippen LogP contribution is -2.35. The number of halogens is 1.